The van der Waals surface area contributed by atoms with Crippen LogP contribution in [0.1, 0.15) is 31.7 Å². The van der Waals surface area contributed by atoms with Crippen molar-refractivity contribution in [3.63, 3.8) is 0 Å². The van der Waals surface area contributed by atoms with E-state index in [1.54, 1.807) is 23.7 Å². The van der Waals surface area contributed by atoms with E-state index in [4.69, 9.17) is 5.11 Å². The normalized spacial score (nSPS) is 13.1. The number of urea groups is 1. The van der Waals surface area contributed by atoms with Crippen LogP contribution in [-0.4, -0.2) is 53.1 Å². The number of carbonyl (C=O) groups is 2. The summed E-state index contributed by atoms with van der Waals surface area (Å²) in [5.41, 5.74) is 1.09. The Kier molecular flexibility index (Phi) is 9.30. The lowest BCUT2D eigenvalue weighted by atomic mass is 10.0. The van der Waals surface area contributed by atoms with E-state index in [0.717, 1.165) is 17.7 Å². The Hall–Kier alpha value is -1.69. The van der Waals surface area contributed by atoms with Crippen molar-refractivity contribution in [1.82, 2.24) is 10.2 Å². The number of carbonyl (C=O) groups excluding carboxylic acids is 1. The number of nitrogens with zero attached hydrogens (tertiary/aromatic N) is 1. The first-order valence-electron chi connectivity index (χ1n) is 8.25. The van der Waals surface area contributed by atoms with Crippen molar-refractivity contribution in [1.29, 1.82) is 0 Å². The second kappa shape index (κ2) is 11.0. The summed E-state index contributed by atoms with van der Waals surface area (Å²) in [7, 11) is 1.80. The molecule has 0 aromatic heterocycles. The zero-order chi connectivity index (χ0) is 17.9. The molecule has 1 aromatic carbocycles. The Balaban J connectivity index is 2.71. The van der Waals surface area contributed by atoms with Crippen molar-refractivity contribution in [2.75, 3.05) is 19.1 Å². The van der Waals surface area contributed by atoms with Crippen LogP contribution in [0.4, 0.5) is 4.79 Å². The highest BCUT2D eigenvalue weighted by molar-refractivity contribution is 7.98. The van der Waals surface area contributed by atoms with Crippen molar-refractivity contribution in [3.05, 3.63) is 35.9 Å². The molecular formula is C18H28N2O3S. The van der Waals surface area contributed by atoms with E-state index in [0.29, 0.717) is 12.8 Å². The van der Waals surface area contributed by atoms with Crippen LogP contribution in [-0.2, 0) is 11.2 Å². The second-order valence-electron chi connectivity index (χ2n) is 5.90. The molecule has 0 bridgehead atoms. The highest BCUT2D eigenvalue weighted by atomic mass is 32.2. The third-order valence-corrected chi connectivity index (χ3v) is 4.78. The lowest BCUT2D eigenvalue weighted by molar-refractivity contribution is -0.137. The van der Waals surface area contributed by atoms with E-state index in [9.17, 15) is 9.59 Å². The number of benzene rings is 1. The van der Waals surface area contributed by atoms with Crippen LogP contribution in [0.25, 0.3) is 0 Å². The summed E-state index contributed by atoms with van der Waals surface area (Å²) in [6.07, 6.45) is 4.02. The summed E-state index contributed by atoms with van der Waals surface area (Å²) in [6.45, 7) is 2.07. The molecule has 0 saturated carbocycles. The first-order valence-corrected chi connectivity index (χ1v) is 9.65. The van der Waals surface area contributed by atoms with Crippen molar-refractivity contribution < 1.29 is 14.7 Å². The fraction of sp³-hybridized carbons (Fsp3) is 0.556. The number of rotatable bonds is 10. The first-order chi connectivity index (χ1) is 11.5. The third kappa shape index (κ3) is 7.25. The van der Waals surface area contributed by atoms with E-state index >= 15 is 0 Å². The summed E-state index contributed by atoms with van der Waals surface area (Å²) in [6, 6.07) is 9.67. The van der Waals surface area contributed by atoms with Gasteiger partial charge in [0.25, 0.3) is 0 Å². The molecule has 134 valence electrons. The van der Waals surface area contributed by atoms with Gasteiger partial charge in [-0.3, -0.25) is 4.79 Å². The number of aliphatic carboxylic acids is 1. The van der Waals surface area contributed by atoms with Crippen LogP contribution in [0.2, 0.25) is 0 Å². The summed E-state index contributed by atoms with van der Waals surface area (Å²) in [4.78, 5) is 25.1. The molecule has 0 saturated heterocycles. The van der Waals surface area contributed by atoms with Gasteiger partial charge >= 0.3 is 12.0 Å². The number of carboxylic acid groups (broad SMARTS) is 1. The molecule has 2 N–H and O–H groups in total. The maximum absolute atomic E-state index is 12.5. The summed E-state index contributed by atoms with van der Waals surface area (Å²) >= 11 is 1.72. The van der Waals surface area contributed by atoms with Gasteiger partial charge < -0.3 is 15.3 Å². The van der Waals surface area contributed by atoms with Gasteiger partial charge in [0.05, 0.1) is 0 Å². The second-order valence-corrected chi connectivity index (χ2v) is 6.81. The summed E-state index contributed by atoms with van der Waals surface area (Å²) in [5.74, 6) is 0.0447. The molecule has 0 aliphatic heterocycles. The minimum Gasteiger partial charge on any atom is -0.481 e. The minimum absolute atomic E-state index is 0.0452. The number of nitrogens with one attached hydrogen (secondary N) is 1. The van der Waals surface area contributed by atoms with Gasteiger partial charge in [-0.05, 0) is 31.1 Å². The van der Waals surface area contributed by atoms with E-state index in [1.807, 2.05) is 36.6 Å². The maximum atomic E-state index is 12.5. The molecule has 2 atom stereocenters. The highest BCUT2D eigenvalue weighted by Gasteiger charge is 2.21. The van der Waals surface area contributed by atoms with Gasteiger partial charge in [-0.15, -0.1) is 0 Å². The molecule has 0 spiro atoms. The number of hydrogen-bond donors (Lipinski definition) is 2. The average Bonchev–Trinajstić information content (AvgIpc) is 2.57. The molecule has 0 radical (unpaired) electrons. The third-order valence-electron chi connectivity index (χ3n) is 4.06. The zero-order valence-corrected chi connectivity index (χ0v) is 15.5. The van der Waals surface area contributed by atoms with Crippen molar-refractivity contribution in [2.24, 2.45) is 0 Å². The van der Waals surface area contributed by atoms with Crippen LogP contribution < -0.4 is 5.32 Å². The topological polar surface area (TPSA) is 69.6 Å². The van der Waals surface area contributed by atoms with Gasteiger partial charge in [-0.25, -0.2) is 4.79 Å². The zero-order valence-electron chi connectivity index (χ0n) is 14.7. The predicted octanol–water partition coefficient (Wildman–Crippen LogP) is 3.25. The summed E-state index contributed by atoms with van der Waals surface area (Å²) in [5, 5.41) is 12.0. The maximum Gasteiger partial charge on any atom is 0.317 e. The number of thioether (sulfide) groups is 1. The Bertz CT molecular complexity index is 510. The van der Waals surface area contributed by atoms with Gasteiger partial charge in [0.2, 0.25) is 0 Å². The van der Waals surface area contributed by atoms with E-state index in [2.05, 4.69) is 12.2 Å². The van der Waals surface area contributed by atoms with Gasteiger partial charge in [-0.2, -0.15) is 11.8 Å². The van der Waals surface area contributed by atoms with Gasteiger partial charge in [0.1, 0.15) is 0 Å². The fourth-order valence-electron chi connectivity index (χ4n) is 2.56. The molecule has 24 heavy (non-hydrogen) atoms. The fourth-order valence-corrected chi connectivity index (χ4v) is 3.40. The van der Waals surface area contributed by atoms with Crippen LogP contribution in [0.15, 0.2) is 30.3 Å². The Morgan fingerprint density at radius 1 is 1.29 bits per heavy atom. The summed E-state index contributed by atoms with van der Waals surface area (Å²) < 4.78 is 0. The van der Waals surface area contributed by atoms with Crippen LogP contribution >= 0.6 is 11.8 Å². The lowest BCUT2D eigenvalue weighted by Crippen LogP contribution is -2.48. The van der Waals surface area contributed by atoms with Crippen molar-refractivity contribution >= 4 is 23.8 Å². The molecule has 2 amide bonds. The smallest absolute Gasteiger partial charge is 0.317 e. The standard InChI is InChI=1S/C18H28N2O3S/c1-4-16(13-24-3)20(2)18(23)19-15(10-11-17(21)22)12-14-8-6-5-7-9-14/h5-9,15-16H,4,10-13H2,1-3H3,(H,19,23)(H,21,22). The van der Waals surface area contributed by atoms with Gasteiger partial charge in [0, 0.05) is 31.3 Å². The van der Waals surface area contributed by atoms with E-state index in [1.165, 1.54) is 0 Å². The molecule has 1 aromatic rings. The molecule has 0 aliphatic carbocycles. The van der Waals surface area contributed by atoms with Crippen LogP contribution in [0.5, 0.6) is 0 Å². The Labute approximate surface area is 148 Å². The largest absolute Gasteiger partial charge is 0.481 e. The van der Waals surface area contributed by atoms with Crippen LogP contribution in [0.3, 0.4) is 0 Å². The molecule has 2 unspecified atom stereocenters. The molecule has 6 heteroatoms. The van der Waals surface area contributed by atoms with E-state index in [-0.39, 0.29) is 24.5 Å². The molecule has 0 aliphatic rings. The Morgan fingerprint density at radius 3 is 2.50 bits per heavy atom. The lowest BCUT2D eigenvalue weighted by Gasteiger charge is -2.29. The van der Waals surface area contributed by atoms with E-state index < -0.39 is 5.97 Å². The van der Waals surface area contributed by atoms with Crippen LogP contribution in [0, 0.1) is 0 Å². The predicted molar refractivity (Wildman–Crippen MR) is 99.6 cm³/mol. The van der Waals surface area contributed by atoms with Gasteiger partial charge in [0.15, 0.2) is 0 Å². The molecule has 0 fully saturated rings. The molecule has 5 nitrogen and oxygen atoms in total. The average molecular weight is 353 g/mol. The number of amides is 2. The van der Waals surface area contributed by atoms with Crippen molar-refractivity contribution in [3.8, 4) is 0 Å². The molecule has 1 rings (SSSR count). The first kappa shape index (κ1) is 20.4. The molecular weight excluding hydrogens is 324 g/mol. The minimum atomic E-state index is -0.843. The Morgan fingerprint density at radius 2 is 1.96 bits per heavy atom. The number of carboxylic acids is 1. The molecule has 0 heterocycles. The highest BCUT2D eigenvalue weighted by Crippen LogP contribution is 2.11. The SMILES string of the molecule is CCC(CSC)N(C)C(=O)NC(CCC(=O)O)Cc1ccccc1. The number of hydrogen-bond acceptors (Lipinski definition) is 3. The van der Waals surface area contributed by atoms with Gasteiger partial charge in [-0.1, -0.05) is 37.3 Å². The van der Waals surface area contributed by atoms with Crippen molar-refractivity contribution in [2.45, 2.75) is 44.7 Å². The monoisotopic (exact) mass is 352 g/mol. The quantitative estimate of drug-likeness (QED) is 0.678.